The molecule has 1 aromatic rings. The van der Waals surface area contributed by atoms with Gasteiger partial charge in [-0.2, -0.15) is 8.42 Å². The first-order chi connectivity index (χ1) is 9.36. The average molecular weight is 297 g/mol. The van der Waals surface area contributed by atoms with Crippen LogP contribution in [0.25, 0.3) is 0 Å². The van der Waals surface area contributed by atoms with Gasteiger partial charge in [-0.05, 0) is 31.5 Å². The lowest BCUT2D eigenvalue weighted by atomic mass is 10.2. The number of hydrogen-bond donors (Lipinski definition) is 0. The summed E-state index contributed by atoms with van der Waals surface area (Å²) in [5.41, 5.74) is 0.960. The van der Waals surface area contributed by atoms with Gasteiger partial charge in [0.05, 0.1) is 17.2 Å². The van der Waals surface area contributed by atoms with Gasteiger partial charge in [0, 0.05) is 12.8 Å². The summed E-state index contributed by atoms with van der Waals surface area (Å²) in [7, 11) is -3.86. The van der Waals surface area contributed by atoms with Gasteiger partial charge in [-0.15, -0.1) is 0 Å². The van der Waals surface area contributed by atoms with Gasteiger partial charge < -0.3 is 0 Å². The minimum atomic E-state index is -3.86. The molecule has 0 unspecified atom stereocenters. The molecule has 108 valence electrons. The van der Waals surface area contributed by atoms with Crippen LogP contribution in [0.1, 0.15) is 25.3 Å². The first-order valence-corrected chi connectivity index (χ1v) is 7.63. The zero-order valence-electron chi connectivity index (χ0n) is 11.3. The number of rotatable bonds is 4. The van der Waals surface area contributed by atoms with E-state index in [0.29, 0.717) is 11.3 Å². The summed E-state index contributed by atoms with van der Waals surface area (Å²) in [6.45, 7) is 3.30. The van der Waals surface area contributed by atoms with E-state index in [1.807, 2.05) is 0 Å². The fourth-order valence-corrected chi connectivity index (χ4v) is 2.99. The Labute approximate surface area is 117 Å². The zero-order valence-corrected chi connectivity index (χ0v) is 12.1. The highest BCUT2D eigenvalue weighted by molar-refractivity contribution is 7.86. The number of aryl methyl sites for hydroxylation is 1. The quantitative estimate of drug-likeness (QED) is 0.619. The molecule has 0 spiro atoms. The summed E-state index contributed by atoms with van der Waals surface area (Å²) >= 11 is 0. The molecule has 1 aliphatic rings. The molecule has 0 radical (unpaired) electrons. The van der Waals surface area contributed by atoms with Crippen LogP contribution in [0.3, 0.4) is 0 Å². The second kappa shape index (κ2) is 5.34. The molecule has 1 heterocycles. The van der Waals surface area contributed by atoms with E-state index in [0.717, 1.165) is 4.90 Å². The van der Waals surface area contributed by atoms with Gasteiger partial charge in [0.15, 0.2) is 0 Å². The second-order valence-electron chi connectivity index (χ2n) is 4.43. The lowest BCUT2D eigenvalue weighted by Gasteiger charge is -2.17. The maximum absolute atomic E-state index is 11.9. The monoisotopic (exact) mass is 297 g/mol. The maximum Gasteiger partial charge on any atom is 0.297 e. The summed E-state index contributed by atoms with van der Waals surface area (Å²) in [6, 6.07) is 4.26. The van der Waals surface area contributed by atoms with Crippen molar-refractivity contribution >= 4 is 27.6 Å². The Hall–Kier alpha value is -1.73. The number of carbonyl (C=O) groups is 2. The van der Waals surface area contributed by atoms with Gasteiger partial charge in [0.2, 0.25) is 11.8 Å². The molecule has 0 bridgehead atoms. The Morgan fingerprint density at radius 1 is 1.20 bits per heavy atom. The fraction of sp³-hybridized carbons (Fsp3) is 0.385. The van der Waals surface area contributed by atoms with Crippen molar-refractivity contribution in [2.24, 2.45) is 0 Å². The van der Waals surface area contributed by atoms with E-state index >= 15 is 0 Å². The predicted octanol–water partition coefficient (Wildman–Crippen LogP) is 1.37. The topological polar surface area (TPSA) is 80.8 Å². The van der Waals surface area contributed by atoms with Crippen molar-refractivity contribution in [3.8, 4) is 0 Å². The summed E-state index contributed by atoms with van der Waals surface area (Å²) in [5.74, 6) is -0.631. The zero-order chi connectivity index (χ0) is 14.9. The molecule has 1 aromatic carbocycles. The van der Waals surface area contributed by atoms with Crippen molar-refractivity contribution in [3.63, 3.8) is 0 Å². The number of amides is 2. The third-order valence-corrected chi connectivity index (χ3v) is 4.41. The smallest absolute Gasteiger partial charge is 0.274 e. The van der Waals surface area contributed by atoms with Crippen LogP contribution in [-0.2, 0) is 23.9 Å². The Morgan fingerprint density at radius 3 is 2.35 bits per heavy atom. The van der Waals surface area contributed by atoms with Crippen molar-refractivity contribution < 1.29 is 22.2 Å². The van der Waals surface area contributed by atoms with Crippen molar-refractivity contribution in [3.05, 3.63) is 23.8 Å². The van der Waals surface area contributed by atoms with E-state index in [2.05, 4.69) is 0 Å². The number of hydrogen-bond acceptors (Lipinski definition) is 5. The van der Waals surface area contributed by atoms with Crippen LogP contribution in [0.4, 0.5) is 5.69 Å². The lowest BCUT2D eigenvalue weighted by Crippen LogP contribution is -2.29. The molecular weight excluding hydrogens is 282 g/mol. The van der Waals surface area contributed by atoms with Gasteiger partial charge >= 0.3 is 0 Å². The molecule has 2 amide bonds. The molecule has 7 heteroatoms. The van der Waals surface area contributed by atoms with E-state index in [-0.39, 0.29) is 36.2 Å². The average Bonchev–Trinajstić information content (AvgIpc) is 2.70. The summed E-state index contributed by atoms with van der Waals surface area (Å²) in [4.78, 5) is 24.5. The number of anilines is 1. The van der Waals surface area contributed by atoms with Crippen LogP contribution >= 0.6 is 0 Å². The van der Waals surface area contributed by atoms with Crippen molar-refractivity contribution in [2.75, 3.05) is 11.5 Å². The molecule has 0 saturated carbocycles. The van der Waals surface area contributed by atoms with Crippen LogP contribution in [-0.4, -0.2) is 26.8 Å². The highest BCUT2D eigenvalue weighted by atomic mass is 32.2. The minimum Gasteiger partial charge on any atom is -0.274 e. The summed E-state index contributed by atoms with van der Waals surface area (Å²) in [6.07, 6.45) is 0.307. The Balaban J connectivity index is 2.50. The van der Waals surface area contributed by atoms with Crippen LogP contribution < -0.4 is 4.90 Å². The van der Waals surface area contributed by atoms with Crippen LogP contribution in [0, 0.1) is 6.92 Å². The molecular formula is C13H15NO5S. The molecule has 1 saturated heterocycles. The van der Waals surface area contributed by atoms with Gasteiger partial charge in [-0.3, -0.25) is 18.7 Å². The third-order valence-electron chi connectivity index (χ3n) is 3.03. The first kappa shape index (κ1) is 14.7. The Bertz CT molecular complexity index is 649. The molecule has 6 nitrogen and oxygen atoms in total. The molecule has 0 atom stereocenters. The van der Waals surface area contributed by atoms with Gasteiger partial charge in [-0.25, -0.2) is 0 Å². The Kier molecular flexibility index (Phi) is 3.92. The second-order valence-corrected chi connectivity index (χ2v) is 6.05. The van der Waals surface area contributed by atoms with Crippen molar-refractivity contribution in [2.45, 2.75) is 31.6 Å². The molecule has 20 heavy (non-hydrogen) atoms. The number of carbonyl (C=O) groups excluding carboxylic acids is 2. The van der Waals surface area contributed by atoms with E-state index < -0.39 is 10.1 Å². The van der Waals surface area contributed by atoms with Gasteiger partial charge in [0.25, 0.3) is 10.1 Å². The van der Waals surface area contributed by atoms with Crippen molar-refractivity contribution in [1.82, 2.24) is 0 Å². The number of imide groups is 1. The molecule has 1 fully saturated rings. The van der Waals surface area contributed by atoms with Gasteiger partial charge in [-0.1, -0.05) is 6.07 Å². The van der Waals surface area contributed by atoms with Gasteiger partial charge in [0.1, 0.15) is 0 Å². The lowest BCUT2D eigenvalue weighted by molar-refractivity contribution is -0.121. The number of benzene rings is 1. The fourth-order valence-electron chi connectivity index (χ4n) is 2.05. The maximum atomic E-state index is 11.9. The molecule has 1 aliphatic heterocycles. The molecule has 0 N–H and O–H groups in total. The Morgan fingerprint density at radius 2 is 1.80 bits per heavy atom. The van der Waals surface area contributed by atoms with Crippen LogP contribution in [0.15, 0.2) is 23.1 Å². The number of nitrogens with zero attached hydrogens (tertiary/aromatic N) is 1. The van der Waals surface area contributed by atoms with Crippen LogP contribution in [0.5, 0.6) is 0 Å². The van der Waals surface area contributed by atoms with E-state index in [1.165, 1.54) is 12.1 Å². The minimum absolute atomic E-state index is 0.0210. The highest BCUT2D eigenvalue weighted by Gasteiger charge is 2.32. The predicted molar refractivity (Wildman–Crippen MR) is 71.7 cm³/mol. The molecule has 0 aliphatic carbocycles. The van der Waals surface area contributed by atoms with E-state index in [4.69, 9.17) is 4.18 Å². The third kappa shape index (κ3) is 2.59. The molecule has 0 aromatic heterocycles. The van der Waals surface area contributed by atoms with E-state index in [1.54, 1.807) is 19.9 Å². The summed E-state index contributed by atoms with van der Waals surface area (Å²) < 4.78 is 28.4. The van der Waals surface area contributed by atoms with Crippen molar-refractivity contribution in [1.29, 1.82) is 0 Å². The first-order valence-electron chi connectivity index (χ1n) is 6.22. The van der Waals surface area contributed by atoms with Crippen LogP contribution in [0.2, 0.25) is 0 Å². The normalized spacial score (nSPS) is 16.0. The largest absolute Gasteiger partial charge is 0.297 e. The summed E-state index contributed by atoms with van der Waals surface area (Å²) in [5, 5.41) is 0. The standard InChI is InChI=1S/C13H15NO5S/c1-3-19-20(17,18)10-5-4-9(2)11(8-10)14-12(15)6-7-13(14)16/h4-5,8H,3,6-7H2,1-2H3. The SMILES string of the molecule is CCOS(=O)(=O)c1ccc(C)c(N2C(=O)CCC2=O)c1. The van der Waals surface area contributed by atoms with E-state index in [9.17, 15) is 18.0 Å². The highest BCUT2D eigenvalue weighted by Crippen LogP contribution is 2.29. The molecule has 2 rings (SSSR count).